The van der Waals surface area contributed by atoms with Crippen molar-refractivity contribution in [3.63, 3.8) is 0 Å². The van der Waals surface area contributed by atoms with Crippen LogP contribution in [0.25, 0.3) is 55.7 Å². The van der Waals surface area contributed by atoms with Gasteiger partial charge in [0.2, 0.25) is 0 Å². The summed E-state index contributed by atoms with van der Waals surface area (Å²) in [5.74, 6) is -1.45. The average molecular weight is 719 g/mol. The third-order valence-electron chi connectivity index (χ3n) is 7.94. The second kappa shape index (κ2) is 17.1. The Morgan fingerprint density at radius 2 is 1.09 bits per heavy atom. The quantitative estimate of drug-likeness (QED) is 0.167. The summed E-state index contributed by atoms with van der Waals surface area (Å²) in [4.78, 5) is 53.1. The van der Waals surface area contributed by atoms with Crippen LogP contribution in [0.1, 0.15) is 28.1 Å². The van der Waals surface area contributed by atoms with Gasteiger partial charge in [-0.05, 0) is 71.4 Å². The van der Waals surface area contributed by atoms with Gasteiger partial charge in [-0.2, -0.15) is 0 Å². The smallest absolute Gasteiger partial charge is 0.870 e. The largest absolute Gasteiger partial charge is 1.00 e. The molecule has 0 aliphatic rings. The first-order valence-corrected chi connectivity index (χ1v) is 15.4. The number of carboxylic acids is 1. The molecule has 0 aliphatic heterocycles. The third-order valence-corrected chi connectivity index (χ3v) is 7.94. The number of nitrogens with zero attached hydrogens (tertiary/aromatic N) is 6. The number of carboxylic acid groups (broad SMARTS) is 1. The van der Waals surface area contributed by atoms with E-state index in [4.69, 9.17) is 9.84 Å². The maximum Gasteiger partial charge on any atom is 1.00 e. The number of carbonyl (C=O) groups excluding carboxylic acids is 1. The molecule has 0 amide bonds. The fourth-order valence-electron chi connectivity index (χ4n) is 5.38. The van der Waals surface area contributed by atoms with E-state index in [2.05, 4.69) is 30.6 Å². The molecule has 0 bridgehead atoms. The number of methoxy groups -OCH3 is 1. The molecule has 4 heterocycles. The minimum Gasteiger partial charge on any atom is -0.870 e. The van der Waals surface area contributed by atoms with Gasteiger partial charge in [0.25, 0.3) is 11.1 Å². The molecule has 0 fully saturated rings. The van der Waals surface area contributed by atoms with Crippen molar-refractivity contribution in [3.05, 3.63) is 153 Å². The second-order valence-corrected chi connectivity index (χ2v) is 11.2. The number of rotatable bonds is 6. The van der Waals surface area contributed by atoms with Gasteiger partial charge in [-0.3, -0.25) is 9.59 Å². The maximum atomic E-state index is 12.4. The van der Waals surface area contributed by atoms with Gasteiger partial charge in [0.15, 0.2) is 0 Å². The number of ether oxygens (including phenoxy) is 1. The molecule has 15 nitrogen and oxygen atoms in total. The van der Waals surface area contributed by atoms with Gasteiger partial charge in [0, 0.05) is 11.0 Å². The number of nitrogens with one attached hydrogen (secondary N) is 2. The van der Waals surface area contributed by atoms with E-state index < -0.39 is 11.9 Å². The number of benzene rings is 4. The SMILES string of the molecule is C.COC(=O)c1cccc(-n2cc(-c3cc4ccccc4[nH]c3=O)nn2)c1.O=C(O)c1cccc(-n2cc(-c3cc4ccccc4[nH]c3=O)nn2)c1.[Li+].[OH-]. The van der Waals surface area contributed by atoms with Crippen LogP contribution in [0.5, 0.6) is 0 Å². The number of H-pyrrole nitrogens is 2. The molecule has 266 valence electrons. The summed E-state index contributed by atoms with van der Waals surface area (Å²) in [6, 6.07) is 31.7. The van der Waals surface area contributed by atoms with Crippen LogP contribution in [0.15, 0.2) is 131 Å². The van der Waals surface area contributed by atoms with Gasteiger partial charge in [-0.15, -0.1) is 10.2 Å². The van der Waals surface area contributed by atoms with Gasteiger partial charge in [-0.25, -0.2) is 19.0 Å². The fourth-order valence-corrected chi connectivity index (χ4v) is 5.38. The summed E-state index contributed by atoms with van der Waals surface area (Å²) in [5, 5.41) is 27.1. The topological polar surface area (TPSA) is 221 Å². The molecule has 0 radical (unpaired) electrons. The number of pyridine rings is 2. The van der Waals surface area contributed by atoms with Crippen molar-refractivity contribution in [1.29, 1.82) is 0 Å². The molecule has 16 heteroatoms. The van der Waals surface area contributed by atoms with E-state index in [0.717, 1.165) is 21.8 Å². The van der Waals surface area contributed by atoms with E-state index in [-0.39, 0.29) is 48.4 Å². The summed E-state index contributed by atoms with van der Waals surface area (Å²) >= 11 is 0. The number of hydrogen-bond donors (Lipinski definition) is 3. The van der Waals surface area contributed by atoms with Crippen LogP contribution in [0, 0.1) is 0 Å². The molecule has 8 aromatic rings. The first kappa shape index (κ1) is 39.9. The van der Waals surface area contributed by atoms with E-state index in [1.807, 2.05) is 48.5 Å². The Hall–Kier alpha value is -6.92. The standard InChI is InChI=1S/C19H14N4O3.C18H12N4O3.CH4.Li.H2O/c1-26-19(25)13-6-4-7-14(9-13)23-11-17(21-22-23)15-10-12-5-2-3-8-16(12)20-18(15)24;23-17-14(9-11-4-1-2-7-15(11)19-17)16-10-22(21-20-16)13-6-3-5-12(8-13)18(24)25;;;/h2-11H,1H3,(H,20,24);1-10H,(H,19,23)(H,24,25);1H4;;1H2/q;;;+1;/p-1. The van der Waals surface area contributed by atoms with Gasteiger partial charge in [-0.1, -0.05) is 66.4 Å². The summed E-state index contributed by atoms with van der Waals surface area (Å²) < 4.78 is 7.68. The number of para-hydroxylation sites is 2. The summed E-state index contributed by atoms with van der Waals surface area (Å²) in [6.07, 6.45) is 3.25. The van der Waals surface area contributed by atoms with Gasteiger partial charge >= 0.3 is 30.8 Å². The van der Waals surface area contributed by atoms with Crippen molar-refractivity contribution in [3.8, 4) is 33.9 Å². The molecule has 8 rings (SSSR count). The van der Waals surface area contributed by atoms with E-state index >= 15 is 0 Å². The molecule has 0 saturated carbocycles. The molecular formula is C38H31LiN8O7. The zero-order valence-corrected chi connectivity index (χ0v) is 28.2. The Kier molecular flexibility index (Phi) is 12.6. The summed E-state index contributed by atoms with van der Waals surface area (Å²) in [7, 11) is 1.33. The number of aromatic amines is 2. The molecule has 0 aliphatic carbocycles. The zero-order chi connectivity index (χ0) is 35.5. The van der Waals surface area contributed by atoms with Crippen LogP contribution in [-0.2, 0) is 4.74 Å². The van der Waals surface area contributed by atoms with E-state index in [1.165, 1.54) is 28.6 Å². The van der Waals surface area contributed by atoms with Crippen LogP contribution in [-0.4, -0.2) is 69.6 Å². The normalized spacial score (nSPS) is 10.2. The Labute approximate surface area is 318 Å². The average Bonchev–Trinajstić information content (AvgIpc) is 3.86. The second-order valence-electron chi connectivity index (χ2n) is 11.2. The van der Waals surface area contributed by atoms with Crippen LogP contribution in [0.3, 0.4) is 0 Å². The first-order valence-electron chi connectivity index (χ1n) is 15.4. The fraction of sp³-hybridized carbons (Fsp3) is 0.0526. The predicted octanol–water partition coefficient (Wildman–Crippen LogP) is 2.50. The molecular weight excluding hydrogens is 687 g/mol. The van der Waals surface area contributed by atoms with Crippen molar-refractivity contribution in [2.75, 3.05) is 7.11 Å². The van der Waals surface area contributed by atoms with Crippen molar-refractivity contribution in [2.45, 2.75) is 7.43 Å². The predicted molar refractivity (Wildman–Crippen MR) is 197 cm³/mol. The molecule has 4 aromatic carbocycles. The molecule has 4 aromatic heterocycles. The zero-order valence-electron chi connectivity index (χ0n) is 28.2. The third kappa shape index (κ3) is 8.24. The van der Waals surface area contributed by atoms with Crippen molar-refractivity contribution < 1.29 is 43.8 Å². The van der Waals surface area contributed by atoms with Crippen LogP contribution >= 0.6 is 0 Å². The maximum absolute atomic E-state index is 12.4. The van der Waals surface area contributed by atoms with Crippen molar-refractivity contribution in [2.24, 2.45) is 0 Å². The number of esters is 1. The number of fused-ring (bicyclic) bond motifs is 2. The number of hydrogen-bond acceptors (Lipinski definition) is 10. The van der Waals surface area contributed by atoms with Crippen molar-refractivity contribution in [1.82, 2.24) is 40.0 Å². The molecule has 0 atom stereocenters. The monoisotopic (exact) mass is 718 g/mol. The Bertz CT molecular complexity index is 2720. The van der Waals surface area contributed by atoms with E-state index in [0.29, 0.717) is 39.5 Å². The number of carbonyl (C=O) groups is 2. The van der Waals surface area contributed by atoms with E-state index in [1.54, 1.807) is 60.9 Å². The van der Waals surface area contributed by atoms with Crippen LogP contribution in [0.4, 0.5) is 0 Å². The van der Waals surface area contributed by atoms with Gasteiger partial charge in [0.05, 0.1) is 53.1 Å². The Morgan fingerprint density at radius 3 is 1.56 bits per heavy atom. The molecule has 54 heavy (non-hydrogen) atoms. The number of aromatic carboxylic acids is 1. The van der Waals surface area contributed by atoms with Crippen LogP contribution < -0.4 is 30.0 Å². The summed E-state index contributed by atoms with van der Waals surface area (Å²) in [5.41, 5.74) is 4.45. The number of aromatic nitrogens is 8. The summed E-state index contributed by atoms with van der Waals surface area (Å²) in [6.45, 7) is 0. The van der Waals surface area contributed by atoms with Gasteiger partial charge in [0.1, 0.15) is 11.4 Å². The Balaban J connectivity index is 0.000000228. The first-order chi connectivity index (χ1) is 24.8. The van der Waals surface area contributed by atoms with Gasteiger partial charge < -0.3 is 25.3 Å². The molecule has 4 N–H and O–H groups in total. The van der Waals surface area contributed by atoms with E-state index in [9.17, 15) is 19.2 Å². The minimum absolute atomic E-state index is 0. The Morgan fingerprint density at radius 1 is 0.648 bits per heavy atom. The molecule has 0 spiro atoms. The molecule has 0 unspecified atom stereocenters. The van der Waals surface area contributed by atoms with Crippen molar-refractivity contribution >= 4 is 33.7 Å². The minimum atomic E-state index is -1.02. The van der Waals surface area contributed by atoms with Crippen LogP contribution in [0.2, 0.25) is 0 Å². The molecule has 0 saturated heterocycles.